The van der Waals surface area contributed by atoms with E-state index in [1.165, 1.54) is 41.5 Å². The Morgan fingerprint density at radius 1 is 1.11 bits per heavy atom. The summed E-state index contributed by atoms with van der Waals surface area (Å²) in [5.74, 6) is 3.49. The van der Waals surface area contributed by atoms with E-state index >= 15 is 0 Å². The molecule has 4 fully saturated rings. The fourth-order valence-electron chi connectivity index (χ4n) is 6.69. The van der Waals surface area contributed by atoms with Gasteiger partial charge >= 0.3 is 184 Å². The van der Waals surface area contributed by atoms with Crippen LogP contribution in [0.5, 0.6) is 0 Å². The molecule has 4 aliphatic rings. The van der Waals surface area contributed by atoms with Gasteiger partial charge in [-0.2, -0.15) is 0 Å². The second-order valence-corrected chi connectivity index (χ2v) is 15.9. The van der Waals surface area contributed by atoms with Crippen molar-refractivity contribution in [2.75, 3.05) is 18.1 Å². The van der Waals surface area contributed by atoms with Crippen molar-refractivity contribution in [2.45, 2.75) is 54.5 Å². The van der Waals surface area contributed by atoms with E-state index in [1.807, 2.05) is 23.5 Å². The third kappa shape index (κ3) is 3.15. The Balaban J connectivity index is 1.52. The van der Waals surface area contributed by atoms with Crippen LogP contribution >= 0.6 is 23.5 Å². The third-order valence-corrected chi connectivity index (χ3v) is 13.6. The fourth-order valence-corrected chi connectivity index (χ4v) is 13.1. The van der Waals surface area contributed by atoms with E-state index in [9.17, 15) is 4.79 Å². The molecule has 0 N–H and O–H groups in total. The maximum absolute atomic E-state index is 12.7. The molecule has 5 rings (SSSR count). The standard InChI is InChI=1S/C23H30O2S2Se/c1-20(2)11-17-12-22(16-24,28-18-7-4-3-5-8-18)19-13-25-23(15-21(17,19)14-20)26-9-6-10-27-23/h3-5,7-8,16-17,19H,6,9-15H2,1-2H3/t17-,19+,21+,22?/m0/s1. The molecule has 4 atom stereocenters. The molecule has 0 aromatic heterocycles. The van der Waals surface area contributed by atoms with E-state index < -0.39 is 0 Å². The summed E-state index contributed by atoms with van der Waals surface area (Å²) in [6, 6.07) is 10.7. The predicted molar refractivity (Wildman–Crippen MR) is 120 cm³/mol. The van der Waals surface area contributed by atoms with Gasteiger partial charge in [-0.3, -0.25) is 0 Å². The Hall–Kier alpha value is 0.0695. The molecule has 0 amide bonds. The van der Waals surface area contributed by atoms with Gasteiger partial charge in [0.25, 0.3) is 0 Å². The molecule has 5 heteroatoms. The van der Waals surface area contributed by atoms with Gasteiger partial charge in [0.2, 0.25) is 0 Å². The number of hydrogen-bond acceptors (Lipinski definition) is 4. The van der Waals surface area contributed by atoms with Gasteiger partial charge in [0.05, 0.1) is 0 Å². The third-order valence-electron chi connectivity index (χ3n) is 7.47. The number of ether oxygens (including phenoxy) is 1. The summed E-state index contributed by atoms with van der Waals surface area (Å²) in [5.41, 5.74) is 0.677. The van der Waals surface area contributed by atoms with Gasteiger partial charge in [-0.25, -0.2) is 0 Å². The minimum atomic E-state index is -0.193. The quantitative estimate of drug-likeness (QED) is 0.459. The van der Waals surface area contributed by atoms with Crippen LogP contribution in [0.4, 0.5) is 0 Å². The summed E-state index contributed by atoms with van der Waals surface area (Å²) in [4.78, 5) is 12.7. The van der Waals surface area contributed by atoms with E-state index in [2.05, 4.69) is 44.2 Å². The molecule has 1 aromatic carbocycles. The Bertz CT molecular complexity index is 748. The van der Waals surface area contributed by atoms with Crippen molar-refractivity contribution in [1.82, 2.24) is 0 Å². The summed E-state index contributed by atoms with van der Waals surface area (Å²) in [6.07, 6.45) is 7.42. The zero-order valence-corrected chi connectivity index (χ0v) is 20.2. The number of aldehydes is 1. The average molecular weight is 482 g/mol. The molecule has 1 aromatic rings. The summed E-state index contributed by atoms with van der Waals surface area (Å²) in [6.45, 7) is 5.68. The Morgan fingerprint density at radius 3 is 2.57 bits per heavy atom. The predicted octanol–water partition coefficient (Wildman–Crippen LogP) is 4.76. The van der Waals surface area contributed by atoms with Gasteiger partial charge in [0, 0.05) is 0 Å². The second-order valence-electron chi connectivity index (χ2n) is 9.94. The molecule has 2 saturated heterocycles. The van der Waals surface area contributed by atoms with Gasteiger partial charge < -0.3 is 0 Å². The van der Waals surface area contributed by atoms with Crippen molar-refractivity contribution in [3.05, 3.63) is 30.3 Å². The number of carbonyl (C=O) groups excluding carboxylic acids is 1. The first-order chi connectivity index (χ1) is 13.4. The van der Waals surface area contributed by atoms with Crippen LogP contribution in [-0.2, 0) is 9.53 Å². The van der Waals surface area contributed by atoms with E-state index in [0.717, 1.165) is 19.4 Å². The van der Waals surface area contributed by atoms with E-state index in [1.54, 1.807) is 0 Å². The normalized spacial score (nSPS) is 40.8. The zero-order valence-electron chi connectivity index (χ0n) is 16.8. The van der Waals surface area contributed by atoms with Gasteiger partial charge in [-0.15, -0.1) is 0 Å². The van der Waals surface area contributed by atoms with E-state index in [4.69, 9.17) is 4.74 Å². The maximum atomic E-state index is 12.7. The Morgan fingerprint density at radius 2 is 1.86 bits per heavy atom. The van der Waals surface area contributed by atoms with Gasteiger partial charge in [-0.05, 0) is 0 Å². The van der Waals surface area contributed by atoms with Crippen LogP contribution in [0.3, 0.4) is 0 Å². The second kappa shape index (κ2) is 7.05. The molecular weight excluding hydrogens is 451 g/mol. The van der Waals surface area contributed by atoms with E-state index in [-0.39, 0.29) is 29.0 Å². The Kier molecular flexibility index (Phi) is 5.04. The molecule has 2 spiro atoms. The Labute approximate surface area is 183 Å². The van der Waals surface area contributed by atoms with Gasteiger partial charge in [0.15, 0.2) is 0 Å². The van der Waals surface area contributed by atoms with Crippen molar-refractivity contribution in [3.63, 3.8) is 0 Å². The van der Waals surface area contributed by atoms with Crippen molar-refractivity contribution in [2.24, 2.45) is 22.7 Å². The molecule has 0 radical (unpaired) electrons. The van der Waals surface area contributed by atoms with Crippen LogP contribution in [0, 0.1) is 22.7 Å². The SMILES string of the molecule is CC1(C)C[C@H]2CC(C=O)([Se]c3ccccc3)[C@@H]3COC4(C[C@]23C1)SCCCS4. The first-order valence-electron chi connectivity index (χ1n) is 10.5. The number of benzene rings is 1. The molecule has 2 nitrogen and oxygen atoms in total. The molecule has 28 heavy (non-hydrogen) atoms. The zero-order chi connectivity index (χ0) is 19.5. The van der Waals surface area contributed by atoms with Crippen LogP contribution < -0.4 is 4.46 Å². The number of rotatable bonds is 3. The summed E-state index contributed by atoms with van der Waals surface area (Å²) < 4.78 is 7.78. The molecule has 2 aliphatic carbocycles. The molecule has 0 bridgehead atoms. The number of hydrogen-bond donors (Lipinski definition) is 0. The molecule has 1 unspecified atom stereocenters. The van der Waals surface area contributed by atoms with Crippen LogP contribution in [0.2, 0.25) is 4.31 Å². The first-order valence-corrected chi connectivity index (χ1v) is 14.2. The first kappa shape index (κ1) is 20.0. The molecule has 2 saturated carbocycles. The topological polar surface area (TPSA) is 26.3 Å². The van der Waals surface area contributed by atoms with Crippen molar-refractivity contribution in [1.29, 1.82) is 0 Å². The van der Waals surface area contributed by atoms with Crippen LogP contribution in [0.25, 0.3) is 0 Å². The van der Waals surface area contributed by atoms with Crippen LogP contribution in [-0.4, -0.2) is 43.6 Å². The number of carbonyl (C=O) groups is 1. The molecular formula is C23H30O2S2Se. The van der Waals surface area contributed by atoms with E-state index in [0.29, 0.717) is 17.3 Å². The average Bonchev–Trinajstić information content (AvgIpc) is 3.05. The molecule has 2 heterocycles. The summed E-state index contributed by atoms with van der Waals surface area (Å²) in [5, 5.41) is 0. The van der Waals surface area contributed by atoms with Crippen molar-refractivity contribution in [3.8, 4) is 0 Å². The van der Waals surface area contributed by atoms with Crippen LogP contribution in [0.1, 0.15) is 46.0 Å². The fraction of sp³-hybridized carbons (Fsp3) is 0.696. The minimum absolute atomic E-state index is 0.0495. The summed E-state index contributed by atoms with van der Waals surface area (Å²) >= 11 is 4.27. The molecule has 152 valence electrons. The van der Waals surface area contributed by atoms with Crippen LogP contribution in [0.15, 0.2) is 30.3 Å². The van der Waals surface area contributed by atoms with Gasteiger partial charge in [-0.1, -0.05) is 0 Å². The molecule has 2 aliphatic heterocycles. The van der Waals surface area contributed by atoms with Gasteiger partial charge in [0.1, 0.15) is 0 Å². The van der Waals surface area contributed by atoms with Crippen molar-refractivity contribution < 1.29 is 9.53 Å². The monoisotopic (exact) mass is 482 g/mol. The number of thioether (sulfide) groups is 2. The summed E-state index contributed by atoms with van der Waals surface area (Å²) in [7, 11) is 0. The van der Waals surface area contributed by atoms with Crippen molar-refractivity contribution >= 4 is 49.2 Å².